The number of aryl methyl sites for hydroxylation is 1. The summed E-state index contributed by atoms with van der Waals surface area (Å²) >= 11 is 7.12. The Hall–Kier alpha value is -1.45. The van der Waals surface area contributed by atoms with Gasteiger partial charge in [0.15, 0.2) is 11.7 Å². The molecule has 0 atom stereocenters. The molecule has 0 saturated heterocycles. The molecule has 4 rings (SSSR count). The van der Waals surface area contributed by atoms with Crippen LogP contribution < -0.4 is 4.57 Å². The first-order valence-electron chi connectivity index (χ1n) is 9.70. The number of rotatable bonds is 3. The van der Waals surface area contributed by atoms with Crippen molar-refractivity contribution in [2.75, 3.05) is 0 Å². The van der Waals surface area contributed by atoms with E-state index in [1.165, 1.54) is 60.2 Å². The van der Waals surface area contributed by atoms with Gasteiger partial charge in [0.25, 0.3) is 0 Å². The first kappa shape index (κ1) is 18.9. The molecule has 3 heteroatoms. The van der Waals surface area contributed by atoms with Gasteiger partial charge in [0.2, 0.25) is 5.69 Å². The van der Waals surface area contributed by atoms with Crippen LogP contribution in [0.4, 0.5) is 0 Å². The number of aromatic nitrogens is 1. The summed E-state index contributed by atoms with van der Waals surface area (Å²) in [6, 6.07) is 22.7. The lowest BCUT2D eigenvalue weighted by Gasteiger charge is -2.21. The van der Waals surface area contributed by atoms with Crippen molar-refractivity contribution in [3.63, 3.8) is 0 Å². The second-order valence-corrected chi connectivity index (χ2v) is 9.28. The van der Waals surface area contributed by atoms with E-state index >= 15 is 0 Å². The molecule has 0 radical (unpaired) electrons. The van der Waals surface area contributed by atoms with Crippen molar-refractivity contribution in [2.45, 2.75) is 45.1 Å². The zero-order chi connectivity index (χ0) is 18.8. The zero-order valence-corrected chi connectivity index (χ0v) is 18.8. The Labute approximate surface area is 178 Å². The molecule has 0 spiro atoms. The van der Waals surface area contributed by atoms with Gasteiger partial charge in [-0.25, -0.2) is 0 Å². The summed E-state index contributed by atoms with van der Waals surface area (Å²) in [6.45, 7) is 2.26. The summed E-state index contributed by atoms with van der Waals surface area (Å²) in [5, 5.41) is 0. The van der Waals surface area contributed by atoms with Gasteiger partial charge in [-0.3, -0.25) is 0 Å². The van der Waals surface area contributed by atoms with Crippen molar-refractivity contribution in [1.82, 2.24) is 0 Å². The molecule has 0 bridgehead atoms. The largest absolute Gasteiger partial charge is 0.213 e. The maximum Gasteiger partial charge on any atom is 0.213 e. The van der Waals surface area contributed by atoms with E-state index in [1.807, 2.05) is 0 Å². The predicted octanol–water partition coefficient (Wildman–Crippen LogP) is 7.65. The molecule has 0 unspecified atom stereocenters. The summed E-state index contributed by atoms with van der Waals surface area (Å²) in [5.74, 6) is 0. The average molecular weight is 486 g/mol. The first-order valence-corrected chi connectivity index (χ1v) is 11.3. The number of halogens is 2. The van der Waals surface area contributed by atoms with E-state index in [0.717, 1.165) is 8.95 Å². The smallest absolute Gasteiger partial charge is 0.193 e. The third-order valence-electron chi connectivity index (χ3n) is 5.55. The molecule has 1 aliphatic rings. The predicted molar refractivity (Wildman–Crippen MR) is 120 cm³/mol. The van der Waals surface area contributed by atoms with Gasteiger partial charge in [-0.15, -0.1) is 0 Å². The van der Waals surface area contributed by atoms with Crippen LogP contribution in [0.3, 0.4) is 0 Å². The Morgan fingerprint density at radius 1 is 0.704 bits per heavy atom. The van der Waals surface area contributed by atoms with Crippen LogP contribution in [0.15, 0.2) is 69.6 Å². The van der Waals surface area contributed by atoms with Crippen molar-refractivity contribution in [3.05, 3.63) is 75.3 Å². The van der Waals surface area contributed by atoms with Gasteiger partial charge >= 0.3 is 0 Å². The third-order valence-corrected chi connectivity index (χ3v) is 6.61. The van der Waals surface area contributed by atoms with Gasteiger partial charge < -0.3 is 0 Å². The van der Waals surface area contributed by atoms with Gasteiger partial charge in [-0.05, 0) is 60.4 Å². The van der Waals surface area contributed by atoms with E-state index in [1.54, 1.807) is 0 Å². The lowest BCUT2D eigenvalue weighted by atomic mass is 9.93. The van der Waals surface area contributed by atoms with Crippen molar-refractivity contribution >= 4 is 31.9 Å². The Kier molecular flexibility index (Phi) is 5.79. The minimum absolute atomic E-state index is 0.608. The third kappa shape index (κ3) is 4.20. The normalized spacial score (nSPS) is 15.1. The Morgan fingerprint density at radius 2 is 1.26 bits per heavy atom. The SMILES string of the molecule is Cc1cc(-c2ccc(Br)cc2)cc(-c2ccc(Br)cc2)[n+]1C1CCCCC1. The fourth-order valence-electron chi connectivity index (χ4n) is 4.22. The number of nitrogens with zero attached hydrogens (tertiary/aromatic N) is 1. The molecule has 1 aliphatic carbocycles. The summed E-state index contributed by atoms with van der Waals surface area (Å²) in [5.41, 5.74) is 6.50. The van der Waals surface area contributed by atoms with Crippen LogP contribution in [0.5, 0.6) is 0 Å². The number of hydrogen-bond donors (Lipinski definition) is 0. The number of hydrogen-bond acceptors (Lipinski definition) is 0. The van der Waals surface area contributed by atoms with Gasteiger partial charge in [0.1, 0.15) is 0 Å². The van der Waals surface area contributed by atoms with Crippen LogP contribution in [-0.2, 0) is 0 Å². The van der Waals surface area contributed by atoms with Crippen LogP contribution in [0.25, 0.3) is 22.4 Å². The molecule has 138 valence electrons. The highest BCUT2D eigenvalue weighted by Gasteiger charge is 2.28. The van der Waals surface area contributed by atoms with Crippen molar-refractivity contribution in [1.29, 1.82) is 0 Å². The van der Waals surface area contributed by atoms with Gasteiger partial charge in [-0.2, -0.15) is 4.57 Å². The molecule has 0 aliphatic heterocycles. The maximum atomic E-state index is 3.57. The highest BCUT2D eigenvalue weighted by molar-refractivity contribution is 9.10. The first-order chi connectivity index (χ1) is 13.1. The summed E-state index contributed by atoms with van der Waals surface area (Å²) in [7, 11) is 0. The standard InChI is InChI=1S/C24H24Br2N/c1-17-15-20(18-7-11-21(25)12-8-18)16-24(19-9-13-22(26)14-10-19)27(17)23-5-3-2-4-6-23/h7-16,23H,2-6H2,1H3/q+1. The van der Waals surface area contributed by atoms with Gasteiger partial charge in [0, 0.05) is 46.4 Å². The highest BCUT2D eigenvalue weighted by atomic mass is 79.9. The zero-order valence-electron chi connectivity index (χ0n) is 15.6. The van der Waals surface area contributed by atoms with Gasteiger partial charge in [-0.1, -0.05) is 50.4 Å². The lowest BCUT2D eigenvalue weighted by Crippen LogP contribution is -2.45. The van der Waals surface area contributed by atoms with Crippen molar-refractivity contribution in [2.24, 2.45) is 0 Å². The van der Waals surface area contributed by atoms with Crippen LogP contribution in [0.2, 0.25) is 0 Å². The van der Waals surface area contributed by atoms with Crippen LogP contribution in [0.1, 0.15) is 43.8 Å². The van der Waals surface area contributed by atoms with E-state index in [9.17, 15) is 0 Å². The molecule has 1 fully saturated rings. The van der Waals surface area contributed by atoms with E-state index < -0.39 is 0 Å². The molecule has 1 heterocycles. The fraction of sp³-hybridized carbons (Fsp3) is 0.292. The molecule has 0 amide bonds. The molecule has 1 nitrogen and oxygen atoms in total. The van der Waals surface area contributed by atoms with Crippen LogP contribution >= 0.6 is 31.9 Å². The topological polar surface area (TPSA) is 3.88 Å². The fourth-order valence-corrected chi connectivity index (χ4v) is 4.75. The average Bonchev–Trinajstić information content (AvgIpc) is 2.69. The van der Waals surface area contributed by atoms with E-state index in [2.05, 4.69) is 104 Å². The molecule has 2 aromatic carbocycles. The van der Waals surface area contributed by atoms with E-state index in [-0.39, 0.29) is 0 Å². The molecule has 3 aromatic rings. The summed E-state index contributed by atoms with van der Waals surface area (Å²) in [4.78, 5) is 0. The molecule has 1 saturated carbocycles. The Balaban J connectivity index is 1.87. The number of pyridine rings is 1. The van der Waals surface area contributed by atoms with E-state index in [0.29, 0.717) is 6.04 Å². The lowest BCUT2D eigenvalue weighted by molar-refractivity contribution is -0.720. The van der Waals surface area contributed by atoms with Gasteiger partial charge in [0.05, 0.1) is 0 Å². The molecular weight excluding hydrogens is 462 g/mol. The summed E-state index contributed by atoms with van der Waals surface area (Å²) in [6.07, 6.45) is 6.62. The monoisotopic (exact) mass is 484 g/mol. The molecule has 0 N–H and O–H groups in total. The minimum Gasteiger partial charge on any atom is -0.193 e. The Morgan fingerprint density at radius 3 is 1.85 bits per heavy atom. The van der Waals surface area contributed by atoms with Crippen LogP contribution in [-0.4, -0.2) is 0 Å². The van der Waals surface area contributed by atoms with E-state index in [4.69, 9.17) is 0 Å². The van der Waals surface area contributed by atoms with Crippen molar-refractivity contribution < 1.29 is 4.57 Å². The van der Waals surface area contributed by atoms with Crippen LogP contribution in [0, 0.1) is 6.92 Å². The quantitative estimate of drug-likeness (QED) is 0.335. The second-order valence-electron chi connectivity index (χ2n) is 7.45. The molecule has 27 heavy (non-hydrogen) atoms. The maximum absolute atomic E-state index is 3.57. The molecular formula is C24H24Br2N+. The minimum atomic E-state index is 0.608. The van der Waals surface area contributed by atoms with Crippen molar-refractivity contribution in [3.8, 4) is 22.4 Å². The summed E-state index contributed by atoms with van der Waals surface area (Å²) < 4.78 is 4.82. The Bertz CT molecular complexity index is 924. The molecule has 1 aromatic heterocycles. The number of benzene rings is 2. The highest BCUT2D eigenvalue weighted by Crippen LogP contribution is 2.31. The second kappa shape index (κ2) is 8.28.